The Balaban J connectivity index is 1.92. The Hall–Kier alpha value is -3.39. The molecule has 1 amide bonds. The van der Waals surface area contributed by atoms with Crippen LogP contribution in [0.1, 0.15) is 18.9 Å². The van der Waals surface area contributed by atoms with Gasteiger partial charge in [-0.3, -0.25) is 20.0 Å². The fourth-order valence-electron chi connectivity index (χ4n) is 3.51. The lowest BCUT2D eigenvalue weighted by Gasteiger charge is -2.28. The molecule has 0 aromatic heterocycles. The molecule has 1 aromatic carbocycles. The Bertz CT molecular complexity index is 992. The van der Waals surface area contributed by atoms with E-state index in [1.807, 2.05) is 38.1 Å². The number of fused-ring (bicyclic) bond motifs is 3. The van der Waals surface area contributed by atoms with Gasteiger partial charge in [0.2, 0.25) is 5.96 Å². The van der Waals surface area contributed by atoms with Crippen LogP contribution in [0.15, 0.2) is 58.6 Å². The van der Waals surface area contributed by atoms with Gasteiger partial charge < -0.3 is 14.4 Å². The van der Waals surface area contributed by atoms with Crippen LogP contribution in [0.25, 0.3) is 0 Å². The summed E-state index contributed by atoms with van der Waals surface area (Å²) in [5.74, 6) is 2.09. The molecule has 1 N–H and O–H groups in total. The number of rotatable bonds is 9. The van der Waals surface area contributed by atoms with Gasteiger partial charge in [0.05, 0.1) is 20.3 Å². The van der Waals surface area contributed by atoms with Crippen LogP contribution >= 0.6 is 0 Å². The number of nitrogens with zero attached hydrogens (tertiary/aromatic N) is 4. The zero-order valence-corrected chi connectivity index (χ0v) is 19.2. The number of nitrogens with one attached hydrogen (secondary N) is 1. The van der Waals surface area contributed by atoms with E-state index in [1.165, 1.54) is 0 Å². The Morgan fingerprint density at radius 1 is 1.38 bits per heavy atom. The monoisotopic (exact) mass is 437 g/mol. The van der Waals surface area contributed by atoms with Gasteiger partial charge in [-0.1, -0.05) is 24.8 Å². The van der Waals surface area contributed by atoms with Crippen LogP contribution in [0.4, 0.5) is 5.69 Å². The van der Waals surface area contributed by atoms with Crippen molar-refractivity contribution in [3.8, 4) is 11.5 Å². The van der Waals surface area contributed by atoms with Gasteiger partial charge in [-0.05, 0) is 45.6 Å². The number of methoxy groups -OCH3 is 1. The molecule has 3 rings (SSSR count). The normalized spacial score (nSPS) is 15.3. The molecule has 8 nitrogen and oxygen atoms in total. The third kappa shape index (κ3) is 5.08. The summed E-state index contributed by atoms with van der Waals surface area (Å²) in [7, 11) is 5.66. The highest BCUT2D eigenvalue weighted by Crippen LogP contribution is 2.43. The highest BCUT2D eigenvalue weighted by Gasteiger charge is 2.33. The SMILES string of the molecule is C=C/C=C\C(=C/C)C(=O)NC1=Nc2c(ccc(OCCCN(C)C)c2OC)C2=NCCN12. The maximum atomic E-state index is 12.8. The predicted molar refractivity (Wildman–Crippen MR) is 128 cm³/mol. The molecule has 0 spiro atoms. The van der Waals surface area contributed by atoms with E-state index in [4.69, 9.17) is 14.5 Å². The molecule has 2 aliphatic rings. The standard InChI is InChI=1S/C24H31N5O3/c1-6-8-10-17(7-2)23(30)27-24-26-20-18(22-25-13-15-29(22)24)11-12-19(21(20)31-5)32-16-9-14-28(3)4/h6-8,10-12H,1,9,13-16H2,2-5H3,(H,26,27,30)/b10-8-,17-7+. The van der Waals surface area contributed by atoms with Crippen molar-refractivity contribution in [2.45, 2.75) is 13.3 Å². The van der Waals surface area contributed by atoms with E-state index >= 15 is 0 Å². The number of guanidine groups is 1. The number of hydrogen-bond acceptors (Lipinski definition) is 7. The molecule has 0 bridgehead atoms. The zero-order chi connectivity index (χ0) is 23.1. The Morgan fingerprint density at radius 3 is 2.88 bits per heavy atom. The van der Waals surface area contributed by atoms with E-state index in [0.29, 0.717) is 48.4 Å². The maximum Gasteiger partial charge on any atom is 0.257 e. The first kappa shape index (κ1) is 23.3. The summed E-state index contributed by atoms with van der Waals surface area (Å²) < 4.78 is 11.7. The number of hydrogen-bond donors (Lipinski definition) is 1. The molecule has 1 aromatic rings. The van der Waals surface area contributed by atoms with Crippen molar-refractivity contribution in [1.29, 1.82) is 0 Å². The van der Waals surface area contributed by atoms with Crippen molar-refractivity contribution in [2.75, 3.05) is 47.4 Å². The number of amidine groups is 1. The van der Waals surface area contributed by atoms with E-state index in [9.17, 15) is 4.79 Å². The summed E-state index contributed by atoms with van der Waals surface area (Å²) in [5.41, 5.74) is 1.98. The average molecular weight is 438 g/mol. The summed E-state index contributed by atoms with van der Waals surface area (Å²) >= 11 is 0. The fourth-order valence-corrected chi connectivity index (χ4v) is 3.51. The molecule has 0 fully saturated rings. The second-order valence-corrected chi connectivity index (χ2v) is 7.58. The number of allylic oxidation sites excluding steroid dienone is 3. The van der Waals surface area contributed by atoms with Crippen molar-refractivity contribution < 1.29 is 14.3 Å². The molecule has 0 radical (unpaired) electrons. The second-order valence-electron chi connectivity index (χ2n) is 7.58. The minimum absolute atomic E-state index is 0.255. The van der Waals surface area contributed by atoms with Crippen LogP contribution in [0.5, 0.6) is 11.5 Å². The Morgan fingerprint density at radius 2 is 2.19 bits per heavy atom. The lowest BCUT2D eigenvalue weighted by molar-refractivity contribution is -0.116. The minimum Gasteiger partial charge on any atom is -0.491 e. The summed E-state index contributed by atoms with van der Waals surface area (Å²) in [6, 6.07) is 3.84. The fraction of sp³-hybridized carbons (Fsp3) is 0.375. The molecule has 8 heteroatoms. The van der Waals surface area contributed by atoms with E-state index in [0.717, 1.165) is 24.4 Å². The molecule has 0 aliphatic carbocycles. The van der Waals surface area contributed by atoms with E-state index < -0.39 is 0 Å². The van der Waals surface area contributed by atoms with Crippen molar-refractivity contribution >= 4 is 23.4 Å². The first-order valence-electron chi connectivity index (χ1n) is 10.7. The van der Waals surface area contributed by atoms with Gasteiger partial charge in [0.15, 0.2) is 11.5 Å². The van der Waals surface area contributed by atoms with Gasteiger partial charge in [0, 0.05) is 24.2 Å². The Kier molecular flexibility index (Phi) is 7.83. The highest BCUT2D eigenvalue weighted by molar-refractivity contribution is 6.20. The lowest BCUT2D eigenvalue weighted by Crippen LogP contribution is -2.47. The molecule has 0 saturated heterocycles. The van der Waals surface area contributed by atoms with Crippen LogP contribution in [-0.4, -0.2) is 74.9 Å². The molecular weight excluding hydrogens is 406 g/mol. The minimum atomic E-state index is -0.255. The number of carbonyl (C=O) groups is 1. The number of benzene rings is 1. The molecule has 0 unspecified atom stereocenters. The smallest absolute Gasteiger partial charge is 0.257 e. The number of ether oxygens (including phenoxy) is 2. The van der Waals surface area contributed by atoms with E-state index in [1.54, 1.807) is 31.4 Å². The van der Waals surface area contributed by atoms with Crippen molar-refractivity contribution in [1.82, 2.24) is 15.1 Å². The van der Waals surface area contributed by atoms with E-state index in [2.05, 4.69) is 21.8 Å². The topological polar surface area (TPSA) is 78.8 Å². The molecule has 32 heavy (non-hydrogen) atoms. The van der Waals surface area contributed by atoms with Gasteiger partial charge in [-0.25, -0.2) is 4.99 Å². The van der Waals surface area contributed by atoms with Crippen LogP contribution in [0.2, 0.25) is 0 Å². The molecule has 0 saturated carbocycles. The molecule has 170 valence electrons. The van der Waals surface area contributed by atoms with Crippen molar-refractivity contribution in [3.05, 3.63) is 54.2 Å². The van der Waals surface area contributed by atoms with Crippen LogP contribution in [-0.2, 0) is 4.79 Å². The maximum absolute atomic E-state index is 12.8. The van der Waals surface area contributed by atoms with Crippen molar-refractivity contribution in [2.24, 2.45) is 9.98 Å². The molecule has 2 heterocycles. The number of carbonyl (C=O) groups excluding carboxylic acids is 1. The lowest BCUT2D eigenvalue weighted by atomic mass is 10.1. The summed E-state index contributed by atoms with van der Waals surface area (Å²) in [6.45, 7) is 8.23. The summed E-state index contributed by atoms with van der Waals surface area (Å²) in [6.07, 6.45) is 7.69. The molecule has 0 atom stereocenters. The third-order valence-electron chi connectivity index (χ3n) is 5.07. The predicted octanol–water partition coefficient (Wildman–Crippen LogP) is 2.89. The summed E-state index contributed by atoms with van der Waals surface area (Å²) in [5, 5.41) is 2.93. The average Bonchev–Trinajstić information content (AvgIpc) is 3.27. The van der Waals surface area contributed by atoms with Gasteiger partial charge in [-0.2, -0.15) is 0 Å². The van der Waals surface area contributed by atoms with Crippen LogP contribution in [0.3, 0.4) is 0 Å². The summed E-state index contributed by atoms with van der Waals surface area (Å²) in [4.78, 5) is 26.3. The highest BCUT2D eigenvalue weighted by atomic mass is 16.5. The number of aliphatic imine (C=N–C) groups is 2. The van der Waals surface area contributed by atoms with Crippen LogP contribution in [0, 0.1) is 0 Å². The first-order chi connectivity index (χ1) is 15.5. The first-order valence-corrected chi connectivity index (χ1v) is 10.7. The van der Waals surface area contributed by atoms with Gasteiger partial charge in [0.25, 0.3) is 5.91 Å². The van der Waals surface area contributed by atoms with Gasteiger partial charge in [-0.15, -0.1) is 0 Å². The van der Waals surface area contributed by atoms with E-state index in [-0.39, 0.29) is 5.91 Å². The quantitative estimate of drug-likeness (QED) is 0.365. The van der Waals surface area contributed by atoms with Gasteiger partial charge >= 0.3 is 0 Å². The molecule has 2 aliphatic heterocycles. The Labute approximate surface area is 189 Å². The largest absolute Gasteiger partial charge is 0.491 e. The zero-order valence-electron chi connectivity index (χ0n) is 19.2. The van der Waals surface area contributed by atoms with Gasteiger partial charge in [0.1, 0.15) is 11.5 Å². The molecular formula is C24H31N5O3. The van der Waals surface area contributed by atoms with Crippen LogP contribution < -0.4 is 14.8 Å². The number of amides is 1. The second kappa shape index (κ2) is 10.8. The third-order valence-corrected chi connectivity index (χ3v) is 5.07. The van der Waals surface area contributed by atoms with Crippen molar-refractivity contribution in [3.63, 3.8) is 0 Å².